The lowest BCUT2D eigenvalue weighted by atomic mass is 10.4. The summed E-state index contributed by atoms with van der Waals surface area (Å²) in [5, 5.41) is 9.33. The van der Waals surface area contributed by atoms with E-state index in [0.29, 0.717) is 6.61 Å². The number of rotatable bonds is 7. The first kappa shape index (κ1) is 13.2. The first-order chi connectivity index (χ1) is 5.95. The highest BCUT2D eigenvalue weighted by Crippen LogP contribution is 2.05. The van der Waals surface area contributed by atoms with Crippen molar-refractivity contribution in [2.45, 2.75) is 6.10 Å². The zero-order valence-electron chi connectivity index (χ0n) is 9.12. The minimum Gasteiger partial charge on any atom is -0.390 e. The highest BCUT2D eigenvalue weighted by atomic mass is 32.2. The zero-order valence-corrected chi connectivity index (χ0v) is 9.93. The van der Waals surface area contributed by atoms with Gasteiger partial charge in [0.05, 0.1) is 40.4 Å². The van der Waals surface area contributed by atoms with Gasteiger partial charge in [-0.2, -0.15) is 11.8 Å². The van der Waals surface area contributed by atoms with Gasteiger partial charge in [-0.05, 0) is 0 Å². The smallest absolute Gasteiger partial charge is 0.0872 e. The maximum Gasteiger partial charge on any atom is 0.0872 e. The molecule has 1 N–H and O–H groups in total. The fraction of sp³-hybridized carbons (Fsp3) is 1.00. The summed E-state index contributed by atoms with van der Waals surface area (Å²) in [6.45, 7) is 1.57. The van der Waals surface area contributed by atoms with E-state index in [2.05, 4.69) is 21.1 Å². The predicted octanol–water partition coefficient (Wildman–Crippen LogP) is 0.433. The molecule has 0 saturated carbocycles. The Morgan fingerprint density at radius 1 is 1.38 bits per heavy atom. The molecule has 0 aromatic carbocycles. The van der Waals surface area contributed by atoms with E-state index in [4.69, 9.17) is 4.74 Å². The summed E-state index contributed by atoms with van der Waals surface area (Å²) >= 11 is 1.78. The largest absolute Gasteiger partial charge is 0.390 e. The van der Waals surface area contributed by atoms with Crippen molar-refractivity contribution >= 4 is 11.8 Å². The first-order valence-corrected chi connectivity index (χ1v) is 5.66. The molecule has 0 amide bonds. The van der Waals surface area contributed by atoms with E-state index >= 15 is 0 Å². The second-order valence-corrected chi connectivity index (χ2v) is 5.35. The molecule has 3 nitrogen and oxygen atoms in total. The molecular weight excluding hydrogens is 186 g/mol. The van der Waals surface area contributed by atoms with E-state index in [-0.39, 0.29) is 6.10 Å². The van der Waals surface area contributed by atoms with Gasteiger partial charge in [-0.15, -0.1) is 0 Å². The van der Waals surface area contributed by atoms with Crippen molar-refractivity contribution in [1.29, 1.82) is 0 Å². The topological polar surface area (TPSA) is 29.5 Å². The second kappa shape index (κ2) is 6.65. The number of hydrogen-bond acceptors (Lipinski definition) is 3. The lowest BCUT2D eigenvalue weighted by Gasteiger charge is -2.23. The Labute approximate surface area is 85.7 Å². The van der Waals surface area contributed by atoms with Crippen LogP contribution in [0.1, 0.15) is 0 Å². The van der Waals surface area contributed by atoms with Crippen LogP contribution in [0.15, 0.2) is 0 Å². The predicted molar refractivity (Wildman–Crippen MR) is 58.1 cm³/mol. The minimum atomic E-state index is -0.317. The third kappa shape index (κ3) is 10.1. The van der Waals surface area contributed by atoms with Crippen molar-refractivity contribution in [2.75, 3.05) is 52.9 Å². The van der Waals surface area contributed by atoms with E-state index in [9.17, 15) is 5.11 Å². The molecule has 0 aliphatic rings. The van der Waals surface area contributed by atoms with E-state index in [1.165, 1.54) is 0 Å². The summed E-state index contributed by atoms with van der Waals surface area (Å²) in [6, 6.07) is 0. The molecule has 0 radical (unpaired) electrons. The van der Waals surface area contributed by atoms with Crippen molar-refractivity contribution in [3.63, 3.8) is 0 Å². The number of aliphatic hydroxyl groups is 1. The molecule has 13 heavy (non-hydrogen) atoms. The Morgan fingerprint density at radius 3 is 2.46 bits per heavy atom. The Bertz CT molecular complexity index is 125. The quantitative estimate of drug-likeness (QED) is 0.486. The molecule has 80 valence electrons. The molecule has 0 bridgehead atoms. The van der Waals surface area contributed by atoms with Crippen molar-refractivity contribution in [3.8, 4) is 0 Å². The van der Waals surface area contributed by atoms with Crippen LogP contribution in [0.2, 0.25) is 0 Å². The van der Waals surface area contributed by atoms with Gasteiger partial charge < -0.3 is 14.3 Å². The van der Waals surface area contributed by atoms with Crippen LogP contribution in [0.5, 0.6) is 0 Å². The molecule has 0 fully saturated rings. The maximum atomic E-state index is 9.33. The van der Waals surface area contributed by atoms with E-state index in [1.807, 2.05) is 0 Å². The summed E-state index contributed by atoms with van der Waals surface area (Å²) in [6.07, 6.45) is -0.317. The van der Waals surface area contributed by atoms with Gasteiger partial charge in [-0.25, -0.2) is 0 Å². The van der Waals surface area contributed by atoms with Crippen molar-refractivity contribution in [3.05, 3.63) is 0 Å². The molecule has 0 saturated heterocycles. The van der Waals surface area contributed by atoms with E-state index < -0.39 is 0 Å². The van der Waals surface area contributed by atoms with Crippen molar-refractivity contribution in [2.24, 2.45) is 0 Å². The third-order valence-corrected chi connectivity index (χ3v) is 2.67. The fourth-order valence-electron chi connectivity index (χ4n) is 0.798. The Balaban J connectivity index is 3.25. The van der Waals surface area contributed by atoms with Gasteiger partial charge in [0.25, 0.3) is 0 Å². The number of aliphatic hydroxyl groups excluding tert-OH is 1. The SMILES string of the molecule is COCC(O)CSCC[N+](C)(C)C. The summed E-state index contributed by atoms with van der Waals surface area (Å²) in [5.41, 5.74) is 0. The van der Waals surface area contributed by atoms with E-state index in [0.717, 1.165) is 22.5 Å². The molecule has 1 unspecified atom stereocenters. The molecule has 4 heteroatoms. The number of thioether (sulfide) groups is 1. The molecule has 1 atom stereocenters. The summed E-state index contributed by atoms with van der Waals surface area (Å²) < 4.78 is 5.81. The normalized spacial score (nSPS) is 14.5. The number of quaternary nitrogens is 1. The van der Waals surface area contributed by atoms with Gasteiger partial charge in [-0.1, -0.05) is 0 Å². The van der Waals surface area contributed by atoms with Crippen LogP contribution >= 0.6 is 11.8 Å². The molecular formula is C9H22NO2S+. The number of methoxy groups -OCH3 is 1. The molecule has 0 aromatic rings. The molecule has 0 aromatic heterocycles. The van der Waals surface area contributed by atoms with Gasteiger partial charge in [0.1, 0.15) is 0 Å². The average Bonchev–Trinajstić information content (AvgIpc) is 1.97. The highest BCUT2D eigenvalue weighted by Gasteiger charge is 2.08. The second-order valence-electron chi connectivity index (χ2n) is 4.20. The van der Waals surface area contributed by atoms with Crippen LogP contribution in [-0.2, 0) is 4.74 Å². The van der Waals surface area contributed by atoms with Crippen molar-refractivity contribution < 1.29 is 14.3 Å². The fourth-order valence-corrected chi connectivity index (χ4v) is 2.01. The van der Waals surface area contributed by atoms with Crippen molar-refractivity contribution in [1.82, 2.24) is 0 Å². The van der Waals surface area contributed by atoms with Gasteiger partial charge >= 0.3 is 0 Å². The molecule has 0 aliphatic carbocycles. The van der Waals surface area contributed by atoms with Crippen LogP contribution in [0.4, 0.5) is 0 Å². The average molecular weight is 208 g/mol. The summed E-state index contributed by atoms with van der Waals surface area (Å²) in [7, 11) is 8.13. The third-order valence-electron chi connectivity index (χ3n) is 1.58. The Kier molecular flexibility index (Phi) is 6.77. The van der Waals surface area contributed by atoms with Crippen LogP contribution in [0, 0.1) is 0 Å². The van der Waals surface area contributed by atoms with Gasteiger partial charge in [0, 0.05) is 18.6 Å². The van der Waals surface area contributed by atoms with Gasteiger partial charge in [0.15, 0.2) is 0 Å². The minimum absolute atomic E-state index is 0.317. The molecule has 0 spiro atoms. The van der Waals surface area contributed by atoms with Crippen LogP contribution in [0.3, 0.4) is 0 Å². The highest BCUT2D eigenvalue weighted by molar-refractivity contribution is 7.99. The number of ether oxygens (including phenoxy) is 1. The zero-order chi connectivity index (χ0) is 10.3. The monoisotopic (exact) mass is 208 g/mol. The lowest BCUT2D eigenvalue weighted by molar-refractivity contribution is -0.867. The standard InChI is InChI=1S/C9H22NO2S/c1-10(2,3)5-6-13-8-9(11)7-12-4/h9,11H,5-8H2,1-4H3/q+1. The Morgan fingerprint density at radius 2 is 2.00 bits per heavy atom. The van der Waals surface area contributed by atoms with Gasteiger partial charge in [0.2, 0.25) is 0 Å². The number of hydrogen-bond donors (Lipinski definition) is 1. The van der Waals surface area contributed by atoms with Crippen LogP contribution in [-0.4, -0.2) is 68.6 Å². The molecule has 0 heterocycles. The van der Waals surface area contributed by atoms with Gasteiger partial charge in [-0.3, -0.25) is 0 Å². The first-order valence-electron chi connectivity index (χ1n) is 4.51. The number of nitrogens with zero attached hydrogens (tertiary/aromatic N) is 1. The Hall–Kier alpha value is 0.230. The van der Waals surface area contributed by atoms with Crippen LogP contribution < -0.4 is 0 Å². The molecule has 0 rings (SSSR count). The summed E-state index contributed by atoms with van der Waals surface area (Å²) in [4.78, 5) is 0. The van der Waals surface area contributed by atoms with Crippen LogP contribution in [0.25, 0.3) is 0 Å². The maximum absolute atomic E-state index is 9.33. The van der Waals surface area contributed by atoms with E-state index in [1.54, 1.807) is 18.9 Å². The molecule has 0 aliphatic heterocycles. The summed E-state index contributed by atoms with van der Waals surface area (Å²) in [5.74, 6) is 1.86. The lowest BCUT2D eigenvalue weighted by Crippen LogP contribution is -2.36.